The molecule has 0 spiro atoms. The van der Waals surface area contributed by atoms with E-state index in [1.165, 1.54) is 5.75 Å². The molecule has 2 unspecified atom stereocenters. The van der Waals surface area contributed by atoms with E-state index in [1.807, 2.05) is 11.8 Å². The van der Waals surface area contributed by atoms with Crippen LogP contribution in [-0.4, -0.2) is 35.8 Å². The molecule has 1 aliphatic rings. The first-order chi connectivity index (χ1) is 4.88. The van der Waals surface area contributed by atoms with Crippen LogP contribution in [0.25, 0.3) is 0 Å². The van der Waals surface area contributed by atoms with Crippen molar-refractivity contribution in [3.8, 4) is 0 Å². The number of thioether (sulfide) groups is 1. The van der Waals surface area contributed by atoms with Gasteiger partial charge in [-0.25, -0.2) is 0 Å². The Morgan fingerprint density at radius 3 is 3.00 bits per heavy atom. The third kappa shape index (κ3) is 1.87. The van der Waals surface area contributed by atoms with E-state index < -0.39 is 0 Å². The molecule has 0 radical (unpaired) electrons. The number of aliphatic hydroxyl groups excluding tert-OH is 1. The Hall–Kier alpha value is 0.270. The first-order valence-electron chi connectivity index (χ1n) is 3.80. The summed E-state index contributed by atoms with van der Waals surface area (Å²) in [6, 6.07) is 0.556. The fraction of sp³-hybridized carbons (Fsp3) is 1.00. The summed E-state index contributed by atoms with van der Waals surface area (Å²) in [4.78, 5) is 0. The maximum Gasteiger partial charge on any atom is 0.0482 e. The lowest BCUT2D eigenvalue weighted by atomic mass is 10.1. The number of hydrogen-bond acceptors (Lipinski definition) is 3. The molecule has 0 bridgehead atoms. The van der Waals surface area contributed by atoms with E-state index in [9.17, 15) is 0 Å². The quantitative estimate of drug-likeness (QED) is 0.625. The minimum absolute atomic E-state index is 0.338. The Balaban J connectivity index is 2.27. The predicted octanol–water partition coefficient (Wildman–Crippen LogP) is 0.320. The van der Waals surface area contributed by atoms with Crippen LogP contribution in [0.15, 0.2) is 0 Å². The maximum atomic E-state index is 8.91. The molecule has 1 rings (SSSR count). The fourth-order valence-electron chi connectivity index (χ4n) is 1.27. The molecule has 0 saturated carbocycles. The van der Waals surface area contributed by atoms with Crippen molar-refractivity contribution in [3.63, 3.8) is 0 Å². The number of aliphatic hydroxyl groups is 1. The smallest absolute Gasteiger partial charge is 0.0482 e. The average Bonchev–Trinajstić information content (AvgIpc) is 2.36. The highest BCUT2D eigenvalue weighted by molar-refractivity contribution is 7.99. The normalized spacial score (nSPS) is 33.0. The first kappa shape index (κ1) is 8.37. The van der Waals surface area contributed by atoms with Crippen LogP contribution >= 0.6 is 11.8 Å². The van der Waals surface area contributed by atoms with Gasteiger partial charge in [0.2, 0.25) is 0 Å². The Labute approximate surface area is 66.4 Å². The lowest BCUT2D eigenvalue weighted by molar-refractivity contribution is 0.218. The highest BCUT2D eigenvalue weighted by atomic mass is 32.2. The molecule has 0 aromatic heterocycles. The summed E-state index contributed by atoms with van der Waals surface area (Å²) in [5, 5.41) is 12.3. The molecule has 1 aliphatic heterocycles. The molecule has 10 heavy (non-hydrogen) atoms. The third-order valence-corrected chi connectivity index (χ3v) is 3.16. The summed E-state index contributed by atoms with van der Waals surface area (Å²) in [5.74, 6) is 2.78. The van der Waals surface area contributed by atoms with E-state index in [2.05, 4.69) is 12.2 Å². The molecule has 2 N–H and O–H groups in total. The van der Waals surface area contributed by atoms with Gasteiger partial charge in [0.05, 0.1) is 0 Å². The molecule has 0 aliphatic carbocycles. The van der Waals surface area contributed by atoms with Gasteiger partial charge in [-0.1, -0.05) is 6.92 Å². The second kappa shape index (κ2) is 4.21. The Morgan fingerprint density at radius 1 is 1.60 bits per heavy atom. The van der Waals surface area contributed by atoms with Crippen LogP contribution in [0.3, 0.4) is 0 Å². The third-order valence-electron chi connectivity index (χ3n) is 1.90. The van der Waals surface area contributed by atoms with Gasteiger partial charge < -0.3 is 10.4 Å². The van der Waals surface area contributed by atoms with Crippen molar-refractivity contribution >= 4 is 11.8 Å². The second-order valence-electron chi connectivity index (χ2n) is 2.64. The van der Waals surface area contributed by atoms with Gasteiger partial charge in [-0.05, 0) is 12.3 Å². The molecule has 1 fully saturated rings. The second-order valence-corrected chi connectivity index (χ2v) is 3.72. The highest BCUT2D eigenvalue weighted by Crippen LogP contribution is 2.23. The van der Waals surface area contributed by atoms with Crippen molar-refractivity contribution in [2.45, 2.75) is 13.0 Å². The molecule has 2 atom stereocenters. The maximum absolute atomic E-state index is 8.91. The minimum Gasteiger partial charge on any atom is -0.396 e. The van der Waals surface area contributed by atoms with E-state index in [1.54, 1.807) is 0 Å². The van der Waals surface area contributed by atoms with Gasteiger partial charge in [0.25, 0.3) is 0 Å². The minimum atomic E-state index is 0.338. The van der Waals surface area contributed by atoms with E-state index in [4.69, 9.17) is 5.11 Å². The van der Waals surface area contributed by atoms with Gasteiger partial charge in [0, 0.05) is 24.3 Å². The summed E-state index contributed by atoms with van der Waals surface area (Å²) in [6.07, 6.45) is 0. The molecule has 0 amide bonds. The lowest BCUT2D eigenvalue weighted by Crippen LogP contribution is -2.36. The monoisotopic (exact) mass is 161 g/mol. The van der Waals surface area contributed by atoms with E-state index in [-0.39, 0.29) is 0 Å². The van der Waals surface area contributed by atoms with Crippen LogP contribution in [0.5, 0.6) is 0 Å². The summed E-state index contributed by atoms with van der Waals surface area (Å²) in [7, 11) is 0. The standard InChI is InChI=1S/C7H15NOS/c1-2-8-7-5-10-4-6(7)3-9/h6-9H,2-5H2,1H3. The fourth-order valence-corrected chi connectivity index (χ4v) is 2.69. The van der Waals surface area contributed by atoms with Crippen molar-refractivity contribution in [2.24, 2.45) is 5.92 Å². The molecule has 2 nitrogen and oxygen atoms in total. The zero-order valence-electron chi connectivity index (χ0n) is 6.34. The largest absolute Gasteiger partial charge is 0.396 e. The van der Waals surface area contributed by atoms with Gasteiger partial charge >= 0.3 is 0 Å². The van der Waals surface area contributed by atoms with Gasteiger partial charge in [-0.2, -0.15) is 11.8 Å². The molecular weight excluding hydrogens is 146 g/mol. The SMILES string of the molecule is CCNC1CSCC1CO. The number of nitrogens with one attached hydrogen (secondary N) is 1. The van der Waals surface area contributed by atoms with Gasteiger partial charge in [0.15, 0.2) is 0 Å². The summed E-state index contributed by atoms with van der Waals surface area (Å²) < 4.78 is 0. The summed E-state index contributed by atoms with van der Waals surface area (Å²) in [5.41, 5.74) is 0. The first-order valence-corrected chi connectivity index (χ1v) is 4.96. The Morgan fingerprint density at radius 2 is 2.40 bits per heavy atom. The summed E-state index contributed by atoms with van der Waals surface area (Å²) >= 11 is 1.93. The highest BCUT2D eigenvalue weighted by Gasteiger charge is 2.25. The van der Waals surface area contributed by atoms with Gasteiger partial charge in [0.1, 0.15) is 0 Å². The molecule has 0 aromatic rings. The van der Waals surface area contributed by atoms with Gasteiger partial charge in [-0.3, -0.25) is 0 Å². The van der Waals surface area contributed by atoms with Crippen LogP contribution in [0.4, 0.5) is 0 Å². The van der Waals surface area contributed by atoms with Gasteiger partial charge in [-0.15, -0.1) is 0 Å². The van der Waals surface area contributed by atoms with Crippen LogP contribution < -0.4 is 5.32 Å². The van der Waals surface area contributed by atoms with Crippen LogP contribution in [-0.2, 0) is 0 Å². The zero-order chi connectivity index (χ0) is 7.40. The van der Waals surface area contributed by atoms with Crippen LogP contribution in [0.1, 0.15) is 6.92 Å². The Kier molecular flexibility index (Phi) is 3.52. The number of rotatable bonds is 3. The Bertz CT molecular complexity index is 99.6. The summed E-state index contributed by atoms with van der Waals surface area (Å²) in [6.45, 7) is 3.46. The zero-order valence-corrected chi connectivity index (χ0v) is 7.16. The average molecular weight is 161 g/mol. The predicted molar refractivity (Wildman–Crippen MR) is 45.4 cm³/mol. The van der Waals surface area contributed by atoms with Crippen molar-refractivity contribution in [1.29, 1.82) is 0 Å². The lowest BCUT2D eigenvalue weighted by Gasteiger charge is -2.16. The topological polar surface area (TPSA) is 32.3 Å². The van der Waals surface area contributed by atoms with Crippen LogP contribution in [0, 0.1) is 5.92 Å². The van der Waals surface area contributed by atoms with Crippen molar-refractivity contribution in [2.75, 3.05) is 24.7 Å². The van der Waals surface area contributed by atoms with Crippen molar-refractivity contribution in [1.82, 2.24) is 5.32 Å². The van der Waals surface area contributed by atoms with Crippen molar-refractivity contribution in [3.05, 3.63) is 0 Å². The van der Waals surface area contributed by atoms with E-state index in [0.717, 1.165) is 12.3 Å². The van der Waals surface area contributed by atoms with Crippen LogP contribution in [0.2, 0.25) is 0 Å². The molecule has 1 heterocycles. The van der Waals surface area contributed by atoms with Crippen molar-refractivity contribution < 1.29 is 5.11 Å². The number of hydrogen-bond donors (Lipinski definition) is 2. The van der Waals surface area contributed by atoms with E-state index >= 15 is 0 Å². The molecule has 1 saturated heterocycles. The molecule has 0 aromatic carbocycles. The van der Waals surface area contributed by atoms with E-state index in [0.29, 0.717) is 18.6 Å². The molecular formula is C7H15NOS. The molecule has 3 heteroatoms. The molecule has 60 valence electrons.